The molecule has 0 radical (unpaired) electrons. The van der Waals surface area contributed by atoms with Gasteiger partial charge >= 0.3 is 0 Å². The van der Waals surface area contributed by atoms with Gasteiger partial charge in [0.1, 0.15) is 0 Å². The van der Waals surface area contributed by atoms with Gasteiger partial charge in [0, 0.05) is 32.0 Å². The molecule has 138 valence electrons. The zero-order chi connectivity index (χ0) is 19.6. The lowest BCUT2D eigenvalue weighted by atomic mass is 10.2. The van der Waals surface area contributed by atoms with Gasteiger partial charge in [0.05, 0.1) is 16.9 Å². The number of aryl methyl sites for hydroxylation is 1. The van der Waals surface area contributed by atoms with E-state index >= 15 is 0 Å². The number of hydrogen-bond donors (Lipinski definition) is 1. The lowest BCUT2D eigenvalue weighted by Gasteiger charge is -2.11. The summed E-state index contributed by atoms with van der Waals surface area (Å²) in [5.74, 6) is -0.276. The van der Waals surface area contributed by atoms with E-state index in [4.69, 9.17) is 23.2 Å². The molecular formula is C20H16BrCl2N3O. The average molecular weight is 465 g/mol. The maximum Gasteiger partial charge on any atom is 0.271 e. The molecule has 0 spiro atoms. The summed E-state index contributed by atoms with van der Waals surface area (Å²) < 4.78 is 2.86. The Bertz CT molecular complexity index is 1040. The van der Waals surface area contributed by atoms with Crippen molar-refractivity contribution in [3.05, 3.63) is 85.6 Å². The van der Waals surface area contributed by atoms with Gasteiger partial charge in [-0.05, 0) is 56.3 Å². The van der Waals surface area contributed by atoms with E-state index in [1.54, 1.807) is 36.5 Å². The van der Waals surface area contributed by atoms with E-state index in [1.165, 1.54) is 0 Å². The number of aromatic nitrogens is 1. The molecule has 7 heteroatoms. The number of carbonyl (C=O) groups excluding carboxylic acids is 1. The second-order valence-corrected chi connectivity index (χ2v) is 7.73. The molecule has 0 saturated heterocycles. The van der Waals surface area contributed by atoms with E-state index in [9.17, 15) is 4.79 Å². The number of nitrogens with one attached hydrogen (secondary N) is 1. The highest BCUT2D eigenvalue weighted by Crippen LogP contribution is 2.28. The summed E-state index contributed by atoms with van der Waals surface area (Å²) in [6.45, 7) is 3.95. The van der Waals surface area contributed by atoms with Crippen LogP contribution in [0.5, 0.6) is 0 Å². The summed E-state index contributed by atoms with van der Waals surface area (Å²) in [4.78, 5) is 12.2. The van der Waals surface area contributed by atoms with E-state index < -0.39 is 0 Å². The summed E-state index contributed by atoms with van der Waals surface area (Å²) in [5, 5.41) is 5.24. The summed E-state index contributed by atoms with van der Waals surface area (Å²) in [6, 6.07) is 14.5. The maximum absolute atomic E-state index is 12.2. The Balaban J connectivity index is 1.82. The van der Waals surface area contributed by atoms with Crippen molar-refractivity contribution in [3.63, 3.8) is 0 Å². The second-order valence-electron chi connectivity index (χ2n) is 5.97. The van der Waals surface area contributed by atoms with Crippen LogP contribution in [0.15, 0.2) is 58.1 Å². The molecule has 1 heterocycles. The summed E-state index contributed by atoms with van der Waals surface area (Å²) in [5.41, 5.74) is 6.75. The third-order valence-corrected chi connectivity index (χ3v) is 5.11. The molecule has 1 amide bonds. The zero-order valence-electron chi connectivity index (χ0n) is 14.6. The van der Waals surface area contributed by atoms with Crippen LogP contribution in [0.4, 0.5) is 0 Å². The van der Waals surface area contributed by atoms with Crippen LogP contribution < -0.4 is 5.43 Å². The number of halogens is 3. The third-order valence-electron chi connectivity index (χ3n) is 4.08. The minimum Gasteiger partial charge on any atom is -0.316 e. The van der Waals surface area contributed by atoms with Crippen LogP contribution in [0, 0.1) is 13.8 Å². The van der Waals surface area contributed by atoms with E-state index in [-0.39, 0.29) is 5.91 Å². The van der Waals surface area contributed by atoms with Crippen LogP contribution in [0.25, 0.3) is 5.69 Å². The number of benzene rings is 2. The summed E-state index contributed by atoms with van der Waals surface area (Å²) >= 11 is 15.7. The van der Waals surface area contributed by atoms with Gasteiger partial charge in [-0.2, -0.15) is 5.10 Å². The highest BCUT2D eigenvalue weighted by molar-refractivity contribution is 9.10. The smallest absolute Gasteiger partial charge is 0.271 e. The van der Waals surface area contributed by atoms with Crippen LogP contribution in [-0.4, -0.2) is 16.7 Å². The molecule has 0 unspecified atom stereocenters. The number of carbonyl (C=O) groups is 1. The van der Waals surface area contributed by atoms with Crippen molar-refractivity contribution >= 4 is 51.3 Å². The molecule has 2 aromatic carbocycles. The second kappa shape index (κ2) is 8.30. The van der Waals surface area contributed by atoms with Crippen molar-refractivity contribution in [2.75, 3.05) is 0 Å². The van der Waals surface area contributed by atoms with Crippen LogP contribution in [0.2, 0.25) is 10.0 Å². The van der Waals surface area contributed by atoms with Crippen molar-refractivity contribution in [2.24, 2.45) is 5.10 Å². The van der Waals surface area contributed by atoms with Crippen LogP contribution in [0.3, 0.4) is 0 Å². The first kappa shape index (κ1) is 19.7. The van der Waals surface area contributed by atoms with Crippen molar-refractivity contribution in [1.82, 2.24) is 9.99 Å². The normalized spacial score (nSPS) is 11.1. The average Bonchev–Trinajstić information content (AvgIpc) is 2.89. The fourth-order valence-corrected chi connectivity index (χ4v) is 3.70. The summed E-state index contributed by atoms with van der Waals surface area (Å²) in [6.07, 6.45) is 1.62. The van der Waals surface area contributed by atoms with Gasteiger partial charge in [-0.25, -0.2) is 5.43 Å². The molecule has 0 saturated carbocycles. The molecule has 3 aromatic rings. The quantitative estimate of drug-likeness (QED) is 0.377. The molecular weight excluding hydrogens is 449 g/mol. The highest BCUT2D eigenvalue weighted by Gasteiger charge is 2.12. The zero-order valence-corrected chi connectivity index (χ0v) is 17.7. The van der Waals surface area contributed by atoms with Crippen molar-refractivity contribution < 1.29 is 4.79 Å². The van der Waals surface area contributed by atoms with Gasteiger partial charge in [-0.1, -0.05) is 45.2 Å². The molecule has 0 bridgehead atoms. The molecule has 0 fully saturated rings. The minimum absolute atomic E-state index is 0.276. The fraction of sp³-hybridized carbons (Fsp3) is 0.100. The number of amides is 1. The van der Waals surface area contributed by atoms with Crippen LogP contribution in [-0.2, 0) is 0 Å². The molecule has 0 aliphatic carbocycles. The highest BCUT2D eigenvalue weighted by atomic mass is 79.9. The largest absolute Gasteiger partial charge is 0.316 e. The third kappa shape index (κ3) is 4.43. The summed E-state index contributed by atoms with van der Waals surface area (Å²) in [7, 11) is 0. The molecule has 1 N–H and O–H groups in total. The van der Waals surface area contributed by atoms with Crippen molar-refractivity contribution in [3.8, 4) is 5.69 Å². The fourth-order valence-electron chi connectivity index (χ4n) is 2.81. The Kier molecular flexibility index (Phi) is 6.05. The van der Waals surface area contributed by atoms with Gasteiger partial charge in [0.2, 0.25) is 0 Å². The Hall–Kier alpha value is -2.08. The monoisotopic (exact) mass is 463 g/mol. The van der Waals surface area contributed by atoms with E-state index in [0.717, 1.165) is 27.1 Å². The maximum atomic E-state index is 12.2. The van der Waals surface area contributed by atoms with Crippen molar-refractivity contribution in [2.45, 2.75) is 13.8 Å². The molecule has 27 heavy (non-hydrogen) atoms. The number of nitrogens with zero attached hydrogens (tertiary/aromatic N) is 2. The Morgan fingerprint density at radius 1 is 1.15 bits per heavy atom. The van der Waals surface area contributed by atoms with Crippen LogP contribution >= 0.6 is 39.1 Å². The molecule has 1 aromatic heterocycles. The first-order valence-corrected chi connectivity index (χ1v) is 9.65. The van der Waals surface area contributed by atoms with E-state index in [2.05, 4.69) is 26.5 Å². The van der Waals surface area contributed by atoms with E-state index in [1.807, 2.05) is 36.6 Å². The van der Waals surface area contributed by atoms with E-state index in [0.29, 0.717) is 15.6 Å². The van der Waals surface area contributed by atoms with Gasteiger partial charge in [-0.15, -0.1) is 0 Å². The van der Waals surface area contributed by atoms with Crippen molar-refractivity contribution in [1.29, 1.82) is 0 Å². The SMILES string of the molecule is Cc1cc(/C=N\NC(=O)c2cccc(Br)c2)c(C)n1-c1ccc(Cl)cc1Cl. The minimum atomic E-state index is -0.276. The van der Waals surface area contributed by atoms with Gasteiger partial charge in [-0.3, -0.25) is 4.79 Å². The van der Waals surface area contributed by atoms with Gasteiger partial charge in [0.25, 0.3) is 5.91 Å². The topological polar surface area (TPSA) is 46.4 Å². The Morgan fingerprint density at radius 3 is 2.63 bits per heavy atom. The Labute approximate surface area is 175 Å². The first-order chi connectivity index (χ1) is 12.9. The number of rotatable bonds is 4. The molecule has 4 nitrogen and oxygen atoms in total. The molecule has 0 aliphatic heterocycles. The lowest BCUT2D eigenvalue weighted by Crippen LogP contribution is -2.17. The van der Waals surface area contributed by atoms with Gasteiger partial charge < -0.3 is 4.57 Å². The predicted molar refractivity (Wildman–Crippen MR) is 114 cm³/mol. The number of hydrazone groups is 1. The standard InChI is InChI=1S/C20H16BrCl2N3O/c1-12-8-15(11-24-25-20(27)14-4-3-5-16(21)9-14)13(2)26(12)19-7-6-17(22)10-18(19)23/h3-11H,1-2H3,(H,25,27)/b24-11-. The Morgan fingerprint density at radius 2 is 1.93 bits per heavy atom. The number of hydrogen-bond acceptors (Lipinski definition) is 2. The molecule has 3 rings (SSSR count). The predicted octanol–water partition coefficient (Wildman–Crippen LogP) is 5.93. The molecule has 0 aliphatic rings. The lowest BCUT2D eigenvalue weighted by molar-refractivity contribution is 0.0955. The van der Waals surface area contributed by atoms with Gasteiger partial charge in [0.15, 0.2) is 0 Å². The molecule has 0 atom stereocenters. The first-order valence-electron chi connectivity index (χ1n) is 8.10. The van der Waals surface area contributed by atoms with Crippen LogP contribution in [0.1, 0.15) is 27.3 Å².